The molecule has 1 aromatic rings. The lowest BCUT2D eigenvalue weighted by Crippen LogP contribution is -2.39. The summed E-state index contributed by atoms with van der Waals surface area (Å²) in [6.45, 7) is 6.28. The van der Waals surface area contributed by atoms with Crippen LogP contribution in [0.3, 0.4) is 0 Å². The Morgan fingerprint density at radius 3 is 2.71 bits per heavy atom. The molecule has 0 amide bonds. The molecule has 2 aliphatic rings. The topological polar surface area (TPSA) is 24.5 Å². The average molecular weight is 288 g/mol. The van der Waals surface area contributed by atoms with Crippen molar-refractivity contribution in [3.63, 3.8) is 0 Å². The molecule has 0 radical (unpaired) electrons. The van der Waals surface area contributed by atoms with Crippen LogP contribution >= 0.6 is 0 Å². The van der Waals surface area contributed by atoms with Crippen molar-refractivity contribution in [1.82, 2.24) is 5.32 Å². The number of ether oxygens (including phenoxy) is 1. The van der Waals surface area contributed by atoms with Crippen molar-refractivity contribution in [2.24, 2.45) is 0 Å². The van der Waals surface area contributed by atoms with Gasteiger partial charge in [-0.1, -0.05) is 19.1 Å². The van der Waals surface area contributed by atoms with Crippen LogP contribution in [0, 0.1) is 0 Å². The van der Waals surface area contributed by atoms with Crippen LogP contribution in [0.1, 0.15) is 44.6 Å². The number of anilines is 1. The molecule has 1 saturated carbocycles. The first-order chi connectivity index (χ1) is 10.3. The predicted octanol–water partition coefficient (Wildman–Crippen LogP) is 3.33. The summed E-state index contributed by atoms with van der Waals surface area (Å²) in [5.74, 6) is 0. The molecule has 116 valence electrons. The molecular weight excluding hydrogens is 260 g/mol. The van der Waals surface area contributed by atoms with Crippen LogP contribution < -0.4 is 10.2 Å². The first kappa shape index (κ1) is 14.9. The summed E-state index contributed by atoms with van der Waals surface area (Å²) >= 11 is 0. The van der Waals surface area contributed by atoms with E-state index in [1.54, 1.807) is 0 Å². The van der Waals surface area contributed by atoms with Crippen LogP contribution in [-0.4, -0.2) is 31.8 Å². The summed E-state index contributed by atoms with van der Waals surface area (Å²) in [6.07, 6.45) is 6.67. The van der Waals surface area contributed by atoms with E-state index in [-0.39, 0.29) is 0 Å². The summed E-state index contributed by atoms with van der Waals surface area (Å²) in [5.41, 5.74) is 2.73. The van der Waals surface area contributed by atoms with E-state index in [1.807, 2.05) is 0 Å². The summed E-state index contributed by atoms with van der Waals surface area (Å²) in [5, 5.41) is 3.57. The van der Waals surface area contributed by atoms with Crippen molar-refractivity contribution in [3.8, 4) is 0 Å². The zero-order valence-electron chi connectivity index (χ0n) is 13.2. The van der Waals surface area contributed by atoms with Gasteiger partial charge in [-0.2, -0.15) is 0 Å². The largest absolute Gasteiger partial charge is 0.376 e. The van der Waals surface area contributed by atoms with Crippen molar-refractivity contribution < 1.29 is 4.74 Å². The Morgan fingerprint density at radius 2 is 2.00 bits per heavy atom. The third kappa shape index (κ3) is 4.45. The summed E-state index contributed by atoms with van der Waals surface area (Å²) in [6, 6.07) is 9.85. The van der Waals surface area contributed by atoms with E-state index in [0.29, 0.717) is 6.10 Å². The molecule has 2 fully saturated rings. The normalized spacial score (nSPS) is 22.5. The lowest BCUT2D eigenvalue weighted by Gasteiger charge is -2.34. The van der Waals surface area contributed by atoms with E-state index in [4.69, 9.17) is 4.74 Å². The van der Waals surface area contributed by atoms with Gasteiger partial charge >= 0.3 is 0 Å². The maximum atomic E-state index is 5.93. The van der Waals surface area contributed by atoms with Gasteiger partial charge in [-0.15, -0.1) is 0 Å². The minimum atomic E-state index is 0.412. The van der Waals surface area contributed by atoms with Gasteiger partial charge in [0.25, 0.3) is 0 Å². The molecule has 1 saturated heterocycles. The minimum Gasteiger partial charge on any atom is -0.376 e. The molecule has 0 bridgehead atoms. The maximum absolute atomic E-state index is 5.93. The van der Waals surface area contributed by atoms with Crippen molar-refractivity contribution in [1.29, 1.82) is 0 Å². The Bertz CT molecular complexity index is 427. The lowest BCUT2D eigenvalue weighted by atomic mass is 10.1. The number of nitrogens with one attached hydrogen (secondary N) is 1. The van der Waals surface area contributed by atoms with Crippen LogP contribution in [0.4, 0.5) is 5.69 Å². The third-order valence-electron chi connectivity index (χ3n) is 4.41. The van der Waals surface area contributed by atoms with Crippen LogP contribution in [0.25, 0.3) is 0 Å². The van der Waals surface area contributed by atoms with Gasteiger partial charge in [-0.3, -0.25) is 0 Å². The predicted molar refractivity (Wildman–Crippen MR) is 87.8 cm³/mol. The second kappa shape index (κ2) is 7.28. The SMILES string of the molecule is CCCOC1CCCN(c2ccc(CNC3CC3)cc2)C1. The van der Waals surface area contributed by atoms with Crippen LogP contribution in [0.15, 0.2) is 24.3 Å². The Morgan fingerprint density at radius 1 is 1.19 bits per heavy atom. The second-order valence-electron chi connectivity index (χ2n) is 6.40. The Balaban J connectivity index is 1.52. The maximum Gasteiger partial charge on any atom is 0.0750 e. The fourth-order valence-electron chi connectivity index (χ4n) is 2.97. The molecule has 1 aliphatic carbocycles. The van der Waals surface area contributed by atoms with Gasteiger partial charge in [0, 0.05) is 38.0 Å². The number of hydrogen-bond donors (Lipinski definition) is 1. The van der Waals surface area contributed by atoms with E-state index in [1.165, 1.54) is 36.9 Å². The molecule has 3 heteroatoms. The van der Waals surface area contributed by atoms with Crippen LogP contribution in [-0.2, 0) is 11.3 Å². The molecule has 0 aromatic heterocycles. The van der Waals surface area contributed by atoms with E-state index >= 15 is 0 Å². The number of piperidine rings is 1. The van der Waals surface area contributed by atoms with Gasteiger partial charge in [0.15, 0.2) is 0 Å². The highest BCUT2D eigenvalue weighted by atomic mass is 16.5. The second-order valence-corrected chi connectivity index (χ2v) is 6.40. The van der Waals surface area contributed by atoms with E-state index in [2.05, 4.69) is 41.4 Å². The Labute approximate surface area is 128 Å². The zero-order valence-corrected chi connectivity index (χ0v) is 13.2. The van der Waals surface area contributed by atoms with Gasteiger partial charge in [0.2, 0.25) is 0 Å². The molecule has 3 nitrogen and oxygen atoms in total. The monoisotopic (exact) mass is 288 g/mol. The molecule has 1 N–H and O–H groups in total. The molecule has 21 heavy (non-hydrogen) atoms. The molecule has 1 aliphatic heterocycles. The van der Waals surface area contributed by atoms with Crippen molar-refractivity contribution >= 4 is 5.69 Å². The molecular formula is C18H28N2O. The van der Waals surface area contributed by atoms with Crippen molar-refractivity contribution in [3.05, 3.63) is 29.8 Å². The van der Waals surface area contributed by atoms with E-state index in [9.17, 15) is 0 Å². The van der Waals surface area contributed by atoms with Gasteiger partial charge in [-0.25, -0.2) is 0 Å². The average Bonchev–Trinajstić information content (AvgIpc) is 3.36. The summed E-state index contributed by atoms with van der Waals surface area (Å²) in [4.78, 5) is 2.47. The van der Waals surface area contributed by atoms with Gasteiger partial charge in [-0.05, 0) is 49.8 Å². The zero-order chi connectivity index (χ0) is 14.5. The molecule has 1 aromatic carbocycles. The third-order valence-corrected chi connectivity index (χ3v) is 4.41. The molecule has 1 unspecified atom stereocenters. The standard InChI is InChI=1S/C18H28N2O/c1-2-12-21-18-4-3-11-20(14-18)17-9-5-15(6-10-17)13-19-16-7-8-16/h5-6,9-10,16,18-19H,2-4,7-8,11-14H2,1H3. The fraction of sp³-hybridized carbons (Fsp3) is 0.667. The molecule has 1 heterocycles. The van der Waals surface area contributed by atoms with Crippen molar-refractivity contribution in [2.45, 2.75) is 57.7 Å². The van der Waals surface area contributed by atoms with E-state index in [0.717, 1.165) is 38.7 Å². The molecule has 1 atom stereocenters. The van der Waals surface area contributed by atoms with E-state index < -0.39 is 0 Å². The molecule has 0 spiro atoms. The number of benzene rings is 1. The number of nitrogens with zero attached hydrogens (tertiary/aromatic N) is 1. The highest BCUT2D eigenvalue weighted by Crippen LogP contribution is 2.23. The summed E-state index contributed by atoms with van der Waals surface area (Å²) in [7, 11) is 0. The fourth-order valence-corrected chi connectivity index (χ4v) is 2.97. The minimum absolute atomic E-state index is 0.412. The first-order valence-corrected chi connectivity index (χ1v) is 8.54. The van der Waals surface area contributed by atoms with Crippen LogP contribution in [0.5, 0.6) is 0 Å². The van der Waals surface area contributed by atoms with Gasteiger partial charge in [0.05, 0.1) is 6.10 Å². The van der Waals surface area contributed by atoms with Gasteiger partial charge in [0.1, 0.15) is 0 Å². The highest BCUT2D eigenvalue weighted by molar-refractivity contribution is 5.48. The summed E-state index contributed by atoms with van der Waals surface area (Å²) < 4.78 is 5.93. The lowest BCUT2D eigenvalue weighted by molar-refractivity contribution is 0.0440. The number of hydrogen-bond acceptors (Lipinski definition) is 3. The quantitative estimate of drug-likeness (QED) is 0.833. The first-order valence-electron chi connectivity index (χ1n) is 8.54. The smallest absolute Gasteiger partial charge is 0.0750 e. The Kier molecular flexibility index (Phi) is 5.15. The van der Waals surface area contributed by atoms with Crippen molar-refractivity contribution in [2.75, 3.05) is 24.6 Å². The van der Waals surface area contributed by atoms with Gasteiger partial charge < -0.3 is 15.0 Å². The van der Waals surface area contributed by atoms with Crippen LogP contribution in [0.2, 0.25) is 0 Å². The number of rotatable bonds is 7. The Hall–Kier alpha value is -1.06. The molecule has 3 rings (SSSR count). The highest BCUT2D eigenvalue weighted by Gasteiger charge is 2.21.